The summed E-state index contributed by atoms with van der Waals surface area (Å²) in [5.41, 5.74) is 2.90. The van der Waals surface area contributed by atoms with Gasteiger partial charge in [-0.1, -0.05) is 0 Å². The zero-order chi connectivity index (χ0) is 9.80. The number of nitriles is 1. The Labute approximate surface area is 87.2 Å². The molecule has 0 radical (unpaired) electrons. The molecular formula is C9H12N4S. The Bertz CT molecular complexity index is 316. The van der Waals surface area contributed by atoms with Gasteiger partial charge in [0.2, 0.25) is 0 Å². The molecular weight excluding hydrogens is 196 g/mol. The monoisotopic (exact) mass is 208 g/mol. The minimum absolute atomic E-state index is 0.00884. The van der Waals surface area contributed by atoms with Crippen molar-refractivity contribution in [3.63, 3.8) is 0 Å². The maximum atomic E-state index is 8.94. The molecule has 0 saturated carbocycles. The van der Waals surface area contributed by atoms with E-state index in [0.29, 0.717) is 0 Å². The van der Waals surface area contributed by atoms with Gasteiger partial charge in [0.15, 0.2) is 0 Å². The predicted molar refractivity (Wildman–Crippen MR) is 54.8 cm³/mol. The first kappa shape index (κ1) is 9.59. The molecule has 1 N–H and O–H groups in total. The minimum atomic E-state index is -0.00884. The van der Waals surface area contributed by atoms with Crippen molar-refractivity contribution in [3.8, 4) is 6.07 Å². The lowest BCUT2D eigenvalue weighted by Gasteiger charge is -2.31. The highest BCUT2D eigenvalue weighted by Crippen LogP contribution is 2.09. The lowest BCUT2D eigenvalue weighted by Crippen LogP contribution is -2.50. The molecule has 2 heterocycles. The number of thiazole rings is 1. The summed E-state index contributed by atoms with van der Waals surface area (Å²) in [6, 6.07) is 2.30. The first-order chi connectivity index (χ1) is 6.90. The fraction of sp³-hybridized carbons (Fsp3) is 0.556. The molecule has 1 fully saturated rings. The summed E-state index contributed by atoms with van der Waals surface area (Å²) in [6.45, 7) is 3.45. The van der Waals surface area contributed by atoms with Crippen molar-refractivity contribution in [2.75, 3.05) is 19.6 Å². The molecule has 0 aliphatic carbocycles. The van der Waals surface area contributed by atoms with Crippen molar-refractivity contribution < 1.29 is 0 Å². The molecule has 1 atom stereocenters. The van der Waals surface area contributed by atoms with Crippen LogP contribution in [-0.4, -0.2) is 35.6 Å². The van der Waals surface area contributed by atoms with Crippen LogP contribution in [0.4, 0.5) is 0 Å². The SMILES string of the molecule is N#CC1CNCCN1Cc1cscn1. The fourth-order valence-corrected chi connectivity index (χ4v) is 2.14. The molecule has 1 aliphatic rings. The van der Waals surface area contributed by atoms with Gasteiger partial charge in [0.25, 0.3) is 0 Å². The Balaban J connectivity index is 1.99. The molecule has 0 amide bonds. The summed E-state index contributed by atoms with van der Waals surface area (Å²) in [5, 5.41) is 14.2. The third-order valence-corrected chi connectivity index (χ3v) is 2.99. The number of piperazine rings is 1. The van der Waals surface area contributed by atoms with Crippen LogP contribution in [-0.2, 0) is 6.54 Å². The fourth-order valence-electron chi connectivity index (χ4n) is 1.59. The minimum Gasteiger partial charge on any atom is -0.313 e. The highest BCUT2D eigenvalue weighted by molar-refractivity contribution is 7.07. The van der Waals surface area contributed by atoms with E-state index >= 15 is 0 Å². The van der Waals surface area contributed by atoms with Gasteiger partial charge in [-0.25, -0.2) is 4.98 Å². The molecule has 1 aliphatic heterocycles. The van der Waals surface area contributed by atoms with Crippen molar-refractivity contribution in [1.29, 1.82) is 5.26 Å². The van der Waals surface area contributed by atoms with Crippen LogP contribution in [0.15, 0.2) is 10.9 Å². The summed E-state index contributed by atoms with van der Waals surface area (Å²) in [6.07, 6.45) is 0. The number of rotatable bonds is 2. The number of nitrogens with one attached hydrogen (secondary N) is 1. The van der Waals surface area contributed by atoms with E-state index in [9.17, 15) is 0 Å². The van der Waals surface area contributed by atoms with Crippen LogP contribution >= 0.6 is 11.3 Å². The molecule has 1 aromatic heterocycles. The topological polar surface area (TPSA) is 52.0 Å². The molecule has 14 heavy (non-hydrogen) atoms. The predicted octanol–water partition coefficient (Wildman–Crippen LogP) is 0.440. The van der Waals surface area contributed by atoms with Gasteiger partial charge in [0.05, 0.1) is 17.3 Å². The zero-order valence-electron chi connectivity index (χ0n) is 7.81. The Morgan fingerprint density at radius 2 is 2.71 bits per heavy atom. The van der Waals surface area contributed by atoms with Crippen molar-refractivity contribution >= 4 is 11.3 Å². The second-order valence-electron chi connectivity index (χ2n) is 3.30. The summed E-state index contributed by atoms with van der Waals surface area (Å²) in [7, 11) is 0. The molecule has 1 aromatic rings. The molecule has 4 nitrogen and oxygen atoms in total. The van der Waals surface area contributed by atoms with E-state index in [4.69, 9.17) is 5.26 Å². The summed E-state index contributed by atoms with van der Waals surface area (Å²) in [4.78, 5) is 6.40. The van der Waals surface area contributed by atoms with Crippen LogP contribution in [0.2, 0.25) is 0 Å². The van der Waals surface area contributed by atoms with Crippen LogP contribution in [0.3, 0.4) is 0 Å². The van der Waals surface area contributed by atoms with Crippen LogP contribution in [0.5, 0.6) is 0 Å². The third kappa shape index (κ3) is 2.10. The van der Waals surface area contributed by atoms with E-state index in [0.717, 1.165) is 31.9 Å². The standard InChI is InChI=1S/C9H12N4S/c10-3-9-4-11-1-2-13(9)5-8-6-14-7-12-8/h6-7,9,11H,1-2,4-5H2. The van der Waals surface area contributed by atoms with Gasteiger partial charge in [0, 0.05) is 31.6 Å². The molecule has 74 valence electrons. The molecule has 1 unspecified atom stereocenters. The summed E-state index contributed by atoms with van der Waals surface area (Å²) < 4.78 is 0. The second-order valence-corrected chi connectivity index (χ2v) is 4.02. The summed E-state index contributed by atoms with van der Waals surface area (Å²) in [5.74, 6) is 0. The van der Waals surface area contributed by atoms with Crippen molar-refractivity contribution in [1.82, 2.24) is 15.2 Å². The quantitative estimate of drug-likeness (QED) is 0.766. The lowest BCUT2D eigenvalue weighted by molar-refractivity contribution is 0.187. The van der Waals surface area contributed by atoms with E-state index in [1.54, 1.807) is 11.3 Å². The number of hydrogen-bond donors (Lipinski definition) is 1. The van der Waals surface area contributed by atoms with Gasteiger partial charge >= 0.3 is 0 Å². The third-order valence-electron chi connectivity index (χ3n) is 2.35. The van der Waals surface area contributed by atoms with Gasteiger partial charge in [0.1, 0.15) is 6.04 Å². The van der Waals surface area contributed by atoms with E-state index in [1.165, 1.54) is 0 Å². The highest BCUT2D eigenvalue weighted by atomic mass is 32.1. The van der Waals surface area contributed by atoms with E-state index in [2.05, 4.69) is 21.3 Å². The lowest BCUT2D eigenvalue weighted by atomic mass is 10.2. The first-order valence-electron chi connectivity index (χ1n) is 4.61. The van der Waals surface area contributed by atoms with Crippen molar-refractivity contribution in [2.24, 2.45) is 0 Å². The Morgan fingerprint density at radius 3 is 3.43 bits per heavy atom. The number of nitrogens with zero attached hydrogens (tertiary/aromatic N) is 3. The molecule has 5 heteroatoms. The van der Waals surface area contributed by atoms with Crippen LogP contribution in [0.1, 0.15) is 5.69 Å². The molecule has 0 bridgehead atoms. The molecule has 2 rings (SSSR count). The smallest absolute Gasteiger partial charge is 0.111 e. The molecule has 0 spiro atoms. The average molecular weight is 208 g/mol. The Kier molecular flexibility index (Phi) is 3.09. The van der Waals surface area contributed by atoms with Crippen molar-refractivity contribution in [3.05, 3.63) is 16.6 Å². The van der Waals surface area contributed by atoms with Crippen LogP contribution in [0.25, 0.3) is 0 Å². The largest absolute Gasteiger partial charge is 0.313 e. The van der Waals surface area contributed by atoms with E-state index in [1.807, 2.05) is 10.9 Å². The maximum absolute atomic E-state index is 8.94. The van der Waals surface area contributed by atoms with E-state index < -0.39 is 0 Å². The Hall–Kier alpha value is -0.960. The molecule has 1 saturated heterocycles. The normalized spacial score (nSPS) is 23.2. The van der Waals surface area contributed by atoms with Gasteiger partial charge in [-0.3, -0.25) is 4.90 Å². The number of aromatic nitrogens is 1. The first-order valence-corrected chi connectivity index (χ1v) is 5.56. The highest BCUT2D eigenvalue weighted by Gasteiger charge is 2.21. The Morgan fingerprint density at radius 1 is 1.79 bits per heavy atom. The van der Waals surface area contributed by atoms with Crippen LogP contribution in [0, 0.1) is 11.3 Å². The van der Waals surface area contributed by atoms with Gasteiger partial charge in [-0.05, 0) is 0 Å². The second kappa shape index (κ2) is 4.51. The van der Waals surface area contributed by atoms with Crippen molar-refractivity contribution in [2.45, 2.75) is 12.6 Å². The zero-order valence-corrected chi connectivity index (χ0v) is 8.63. The van der Waals surface area contributed by atoms with Gasteiger partial charge in [-0.15, -0.1) is 11.3 Å². The van der Waals surface area contributed by atoms with Crippen LogP contribution < -0.4 is 5.32 Å². The number of hydrogen-bond acceptors (Lipinski definition) is 5. The molecule has 0 aromatic carbocycles. The van der Waals surface area contributed by atoms with Gasteiger partial charge in [-0.2, -0.15) is 5.26 Å². The maximum Gasteiger partial charge on any atom is 0.111 e. The van der Waals surface area contributed by atoms with Gasteiger partial charge < -0.3 is 5.32 Å². The summed E-state index contributed by atoms with van der Waals surface area (Å²) >= 11 is 1.60. The van der Waals surface area contributed by atoms with E-state index in [-0.39, 0.29) is 6.04 Å². The average Bonchev–Trinajstić information content (AvgIpc) is 2.71.